The molecule has 0 fully saturated rings. The molecule has 5 nitrogen and oxygen atoms in total. The van der Waals surface area contributed by atoms with Crippen LogP contribution in [-0.2, 0) is 16.5 Å². The normalized spacial score (nSPS) is 11.7. The van der Waals surface area contributed by atoms with Crippen LogP contribution < -0.4 is 0 Å². The van der Waals surface area contributed by atoms with Crippen molar-refractivity contribution in [3.05, 3.63) is 78.4 Å². The van der Waals surface area contributed by atoms with E-state index in [2.05, 4.69) is 6.92 Å². The molecular formula is C25H24N2O3S. The molecule has 31 heavy (non-hydrogen) atoms. The first kappa shape index (κ1) is 21.2. The highest BCUT2D eigenvalue weighted by Crippen LogP contribution is 2.33. The summed E-state index contributed by atoms with van der Waals surface area (Å²) < 4.78 is 34.0. The van der Waals surface area contributed by atoms with Crippen LogP contribution in [0.3, 0.4) is 0 Å². The Labute approximate surface area is 182 Å². The van der Waals surface area contributed by atoms with Crippen LogP contribution in [0.25, 0.3) is 33.5 Å². The van der Waals surface area contributed by atoms with Crippen molar-refractivity contribution in [2.75, 3.05) is 0 Å². The van der Waals surface area contributed by atoms with Crippen LogP contribution >= 0.6 is 0 Å². The third-order valence-electron chi connectivity index (χ3n) is 5.30. The highest BCUT2D eigenvalue weighted by molar-refractivity contribution is 7.85. The van der Waals surface area contributed by atoms with Crippen molar-refractivity contribution >= 4 is 21.2 Å². The first-order valence-corrected chi connectivity index (χ1v) is 11.8. The maximum Gasteiger partial charge on any atom is 0.294 e. The third-order valence-corrected chi connectivity index (χ3v) is 6.24. The lowest BCUT2D eigenvalue weighted by atomic mass is 10.0. The summed E-state index contributed by atoms with van der Waals surface area (Å²) in [5.41, 5.74) is 4.90. The Kier molecular flexibility index (Phi) is 6.11. The lowest BCUT2D eigenvalue weighted by molar-refractivity contribution is 0.482. The fourth-order valence-electron chi connectivity index (χ4n) is 3.79. The second-order valence-corrected chi connectivity index (χ2v) is 8.88. The number of rotatable bonds is 7. The maximum atomic E-state index is 12.1. The molecule has 0 aliphatic rings. The number of hydrogen-bond acceptors (Lipinski definition) is 4. The second kappa shape index (κ2) is 8.96. The smallest absolute Gasteiger partial charge is 0.282 e. The summed E-state index contributed by atoms with van der Waals surface area (Å²) in [6.07, 6.45) is 3.28. The van der Waals surface area contributed by atoms with E-state index in [0.29, 0.717) is 28.7 Å². The van der Waals surface area contributed by atoms with Gasteiger partial charge >= 0.3 is 0 Å². The molecule has 0 saturated carbocycles. The van der Waals surface area contributed by atoms with E-state index in [9.17, 15) is 13.0 Å². The van der Waals surface area contributed by atoms with Crippen LogP contribution in [-0.4, -0.2) is 22.9 Å². The fourth-order valence-corrected chi connectivity index (χ4v) is 4.54. The molecule has 0 saturated heterocycles. The van der Waals surface area contributed by atoms with Crippen molar-refractivity contribution in [3.8, 4) is 22.5 Å². The van der Waals surface area contributed by atoms with Crippen LogP contribution in [0.5, 0.6) is 0 Å². The largest absolute Gasteiger partial charge is 0.294 e. The van der Waals surface area contributed by atoms with Gasteiger partial charge in [-0.05, 0) is 25.0 Å². The van der Waals surface area contributed by atoms with E-state index in [1.165, 1.54) is 6.07 Å². The lowest BCUT2D eigenvalue weighted by Gasteiger charge is -2.15. The Balaban J connectivity index is 2.03. The van der Waals surface area contributed by atoms with Gasteiger partial charge in [0.05, 0.1) is 27.3 Å². The van der Waals surface area contributed by atoms with Gasteiger partial charge in [0.25, 0.3) is 10.1 Å². The van der Waals surface area contributed by atoms with Crippen molar-refractivity contribution in [2.45, 2.75) is 37.5 Å². The lowest BCUT2D eigenvalue weighted by Crippen LogP contribution is -2.06. The quantitative estimate of drug-likeness (QED) is 0.289. The molecule has 6 heteroatoms. The number of hydrogen-bond donors (Lipinski definition) is 1. The molecule has 4 aromatic rings. The number of aromatic nitrogens is 2. The van der Waals surface area contributed by atoms with E-state index in [0.717, 1.165) is 36.1 Å². The van der Waals surface area contributed by atoms with Gasteiger partial charge in [-0.15, -0.1) is 0 Å². The zero-order chi connectivity index (χ0) is 21.8. The Morgan fingerprint density at radius 1 is 0.774 bits per heavy atom. The Morgan fingerprint density at radius 3 is 1.90 bits per heavy atom. The third kappa shape index (κ3) is 4.50. The fraction of sp³-hybridized carbons (Fsp3) is 0.200. The van der Waals surface area contributed by atoms with Gasteiger partial charge in [-0.1, -0.05) is 80.4 Å². The summed E-state index contributed by atoms with van der Waals surface area (Å²) in [5, 5.41) is 0. The SMILES string of the molecule is CCCCCc1c(S(=O)(=O)O)ccc2nc(-c3ccccc3)c(-c3ccccc3)nc12. The van der Waals surface area contributed by atoms with E-state index < -0.39 is 10.1 Å². The standard InChI is InChI=1S/C25H24N2O3S/c1-2-3-6-15-20-22(31(28,29)30)17-16-21-25(20)27-24(19-13-9-5-10-14-19)23(26-21)18-11-7-4-8-12-18/h4-5,7-14,16-17H,2-3,6,15H2,1H3,(H,28,29,30). The molecule has 0 bridgehead atoms. The Hall–Kier alpha value is -3.09. The van der Waals surface area contributed by atoms with E-state index in [4.69, 9.17) is 9.97 Å². The molecule has 3 aromatic carbocycles. The van der Waals surface area contributed by atoms with Gasteiger partial charge in [0.15, 0.2) is 0 Å². The summed E-state index contributed by atoms with van der Waals surface area (Å²) in [6, 6.07) is 22.6. The van der Waals surface area contributed by atoms with E-state index in [-0.39, 0.29) is 4.90 Å². The molecule has 1 N–H and O–H groups in total. The molecule has 158 valence electrons. The number of nitrogens with zero attached hydrogens (tertiary/aromatic N) is 2. The molecule has 0 spiro atoms. The zero-order valence-electron chi connectivity index (χ0n) is 17.3. The Morgan fingerprint density at radius 2 is 1.35 bits per heavy atom. The molecule has 0 aliphatic carbocycles. The number of benzene rings is 3. The van der Waals surface area contributed by atoms with Gasteiger partial charge in [0.2, 0.25) is 0 Å². The van der Waals surface area contributed by atoms with Crippen LogP contribution in [0, 0.1) is 0 Å². The molecule has 0 amide bonds. The molecular weight excluding hydrogens is 408 g/mol. The van der Waals surface area contributed by atoms with Crippen molar-refractivity contribution in [1.82, 2.24) is 9.97 Å². The molecule has 0 aliphatic heterocycles. The van der Waals surface area contributed by atoms with E-state index >= 15 is 0 Å². The molecule has 1 aromatic heterocycles. The molecule has 1 heterocycles. The van der Waals surface area contributed by atoms with Gasteiger partial charge in [0, 0.05) is 16.7 Å². The van der Waals surface area contributed by atoms with Crippen LogP contribution in [0.4, 0.5) is 0 Å². The number of unbranched alkanes of at least 4 members (excludes halogenated alkanes) is 2. The van der Waals surface area contributed by atoms with Crippen molar-refractivity contribution in [2.24, 2.45) is 0 Å². The minimum absolute atomic E-state index is 0.0862. The minimum Gasteiger partial charge on any atom is -0.282 e. The van der Waals surface area contributed by atoms with Crippen LogP contribution in [0.2, 0.25) is 0 Å². The highest BCUT2D eigenvalue weighted by atomic mass is 32.2. The van der Waals surface area contributed by atoms with E-state index in [1.54, 1.807) is 6.07 Å². The minimum atomic E-state index is -4.37. The van der Waals surface area contributed by atoms with Crippen molar-refractivity contribution in [1.29, 1.82) is 0 Å². The predicted octanol–water partition coefficient (Wildman–Crippen LogP) is 5.94. The van der Waals surface area contributed by atoms with E-state index in [1.807, 2.05) is 60.7 Å². The average molecular weight is 433 g/mol. The topological polar surface area (TPSA) is 80.2 Å². The summed E-state index contributed by atoms with van der Waals surface area (Å²) in [6.45, 7) is 2.09. The summed E-state index contributed by atoms with van der Waals surface area (Å²) in [5.74, 6) is 0. The van der Waals surface area contributed by atoms with Crippen LogP contribution in [0.1, 0.15) is 31.7 Å². The van der Waals surface area contributed by atoms with Gasteiger partial charge in [0.1, 0.15) is 0 Å². The first-order valence-electron chi connectivity index (χ1n) is 10.4. The predicted molar refractivity (Wildman–Crippen MR) is 123 cm³/mol. The molecule has 0 atom stereocenters. The highest BCUT2D eigenvalue weighted by Gasteiger charge is 2.21. The average Bonchev–Trinajstić information content (AvgIpc) is 2.79. The van der Waals surface area contributed by atoms with Crippen molar-refractivity contribution in [3.63, 3.8) is 0 Å². The molecule has 0 radical (unpaired) electrons. The Bertz CT molecular complexity index is 1310. The van der Waals surface area contributed by atoms with Gasteiger partial charge in [-0.3, -0.25) is 4.55 Å². The summed E-state index contributed by atoms with van der Waals surface area (Å²) >= 11 is 0. The van der Waals surface area contributed by atoms with Crippen molar-refractivity contribution < 1.29 is 13.0 Å². The van der Waals surface area contributed by atoms with Gasteiger partial charge in [-0.25, -0.2) is 9.97 Å². The summed E-state index contributed by atoms with van der Waals surface area (Å²) in [4.78, 5) is 9.75. The van der Waals surface area contributed by atoms with Gasteiger partial charge in [-0.2, -0.15) is 8.42 Å². The second-order valence-electron chi connectivity index (χ2n) is 7.50. The van der Waals surface area contributed by atoms with Gasteiger partial charge < -0.3 is 0 Å². The molecule has 0 unspecified atom stereocenters. The van der Waals surface area contributed by atoms with Crippen LogP contribution in [0.15, 0.2) is 77.7 Å². The monoisotopic (exact) mass is 432 g/mol. The number of aryl methyl sites for hydroxylation is 1. The number of fused-ring (bicyclic) bond motifs is 1. The molecule has 4 rings (SSSR count). The summed E-state index contributed by atoms with van der Waals surface area (Å²) in [7, 11) is -4.37. The maximum absolute atomic E-state index is 12.1. The zero-order valence-corrected chi connectivity index (χ0v) is 18.1. The first-order chi connectivity index (χ1) is 15.0.